The molecule has 2 amide bonds. The van der Waals surface area contributed by atoms with E-state index >= 15 is 0 Å². The maximum atomic E-state index is 12.6. The number of ether oxygens (including phenoxy) is 3. The van der Waals surface area contributed by atoms with Crippen LogP contribution in [-0.4, -0.2) is 38.1 Å². The molecule has 0 unspecified atom stereocenters. The zero-order valence-electron chi connectivity index (χ0n) is 17.5. The van der Waals surface area contributed by atoms with Crippen LogP contribution < -0.4 is 24.8 Å². The molecule has 0 aliphatic carbocycles. The highest BCUT2D eigenvalue weighted by Crippen LogP contribution is 2.38. The van der Waals surface area contributed by atoms with Crippen LogP contribution in [0.15, 0.2) is 60.9 Å². The number of benzene rings is 2. The number of anilines is 1. The molecule has 3 rings (SSSR count). The lowest BCUT2D eigenvalue weighted by Crippen LogP contribution is -2.23. The van der Waals surface area contributed by atoms with Gasteiger partial charge in [0.15, 0.2) is 11.5 Å². The highest BCUT2D eigenvalue weighted by atomic mass is 16.5. The summed E-state index contributed by atoms with van der Waals surface area (Å²) in [6.45, 7) is 0.252. The maximum absolute atomic E-state index is 12.6. The highest BCUT2D eigenvalue weighted by molar-refractivity contribution is 6.04. The molecule has 1 heterocycles. The fraction of sp³-hybridized carbons (Fsp3) is 0.174. The van der Waals surface area contributed by atoms with Crippen LogP contribution in [0.1, 0.15) is 26.3 Å². The number of hydrogen-bond donors (Lipinski definition) is 2. The van der Waals surface area contributed by atoms with Crippen LogP contribution in [0, 0.1) is 0 Å². The van der Waals surface area contributed by atoms with Crippen molar-refractivity contribution in [3.63, 3.8) is 0 Å². The molecule has 0 aliphatic rings. The molecule has 3 aromatic rings. The lowest BCUT2D eigenvalue weighted by Gasteiger charge is -2.14. The van der Waals surface area contributed by atoms with E-state index in [4.69, 9.17) is 14.2 Å². The monoisotopic (exact) mass is 421 g/mol. The lowest BCUT2D eigenvalue weighted by molar-refractivity contribution is 0.0949. The Hall–Kier alpha value is -4.07. The molecule has 0 fully saturated rings. The van der Waals surface area contributed by atoms with Gasteiger partial charge in [-0.3, -0.25) is 14.6 Å². The molecule has 0 radical (unpaired) electrons. The molecule has 0 bridgehead atoms. The summed E-state index contributed by atoms with van der Waals surface area (Å²) in [5.41, 5.74) is 2.13. The fourth-order valence-corrected chi connectivity index (χ4v) is 2.96. The Bertz CT molecular complexity index is 1040. The minimum atomic E-state index is -0.303. The first-order valence-corrected chi connectivity index (χ1v) is 9.44. The summed E-state index contributed by atoms with van der Waals surface area (Å²) >= 11 is 0. The van der Waals surface area contributed by atoms with Crippen molar-refractivity contribution in [1.29, 1.82) is 0 Å². The van der Waals surface area contributed by atoms with Crippen molar-refractivity contribution in [1.82, 2.24) is 10.3 Å². The van der Waals surface area contributed by atoms with Gasteiger partial charge < -0.3 is 24.8 Å². The van der Waals surface area contributed by atoms with Crippen LogP contribution in [0.25, 0.3) is 0 Å². The van der Waals surface area contributed by atoms with Gasteiger partial charge in [0.2, 0.25) is 5.75 Å². The van der Waals surface area contributed by atoms with Gasteiger partial charge in [-0.25, -0.2) is 0 Å². The Morgan fingerprint density at radius 1 is 0.871 bits per heavy atom. The van der Waals surface area contributed by atoms with E-state index in [-0.39, 0.29) is 18.4 Å². The molecule has 8 heteroatoms. The van der Waals surface area contributed by atoms with Crippen LogP contribution in [0.5, 0.6) is 17.2 Å². The van der Waals surface area contributed by atoms with Gasteiger partial charge >= 0.3 is 0 Å². The van der Waals surface area contributed by atoms with E-state index in [9.17, 15) is 9.59 Å². The topological polar surface area (TPSA) is 98.8 Å². The van der Waals surface area contributed by atoms with Crippen LogP contribution in [0.4, 0.5) is 5.69 Å². The first-order valence-electron chi connectivity index (χ1n) is 9.44. The summed E-state index contributed by atoms with van der Waals surface area (Å²) in [6.07, 6.45) is 3.07. The third-order valence-corrected chi connectivity index (χ3v) is 4.48. The van der Waals surface area contributed by atoms with Gasteiger partial charge in [-0.1, -0.05) is 6.07 Å². The van der Waals surface area contributed by atoms with Gasteiger partial charge in [0.1, 0.15) is 0 Å². The van der Waals surface area contributed by atoms with Crippen LogP contribution >= 0.6 is 0 Å². The second kappa shape index (κ2) is 10.1. The molecule has 0 atom stereocenters. The van der Waals surface area contributed by atoms with Crippen molar-refractivity contribution in [3.05, 3.63) is 77.6 Å². The number of amides is 2. The SMILES string of the molecule is COc1cc(CNC(=O)c2cccc(NC(=O)c3cccnc3)c2)cc(OC)c1OC. The first kappa shape index (κ1) is 21.6. The summed E-state index contributed by atoms with van der Waals surface area (Å²) < 4.78 is 16.0. The predicted molar refractivity (Wildman–Crippen MR) is 116 cm³/mol. The number of aromatic nitrogens is 1. The minimum Gasteiger partial charge on any atom is -0.493 e. The number of nitrogens with zero attached hydrogens (tertiary/aromatic N) is 1. The molecule has 0 saturated carbocycles. The summed E-state index contributed by atoms with van der Waals surface area (Å²) in [4.78, 5) is 28.9. The Balaban J connectivity index is 1.69. The minimum absolute atomic E-state index is 0.252. The first-order chi connectivity index (χ1) is 15.0. The third kappa shape index (κ3) is 5.30. The molecule has 31 heavy (non-hydrogen) atoms. The van der Waals surface area contributed by atoms with E-state index in [2.05, 4.69) is 15.6 Å². The normalized spacial score (nSPS) is 10.2. The largest absolute Gasteiger partial charge is 0.493 e. The van der Waals surface area contributed by atoms with E-state index in [0.29, 0.717) is 34.1 Å². The standard InChI is InChI=1S/C23H23N3O5/c1-29-19-10-15(11-20(30-2)21(19)31-3)13-25-22(27)16-6-4-8-18(12-16)26-23(28)17-7-5-9-24-14-17/h4-12,14H,13H2,1-3H3,(H,25,27)(H,26,28). The number of nitrogens with one attached hydrogen (secondary N) is 2. The number of rotatable bonds is 8. The van der Waals surface area contributed by atoms with Crippen molar-refractivity contribution in [2.75, 3.05) is 26.6 Å². The van der Waals surface area contributed by atoms with Gasteiger partial charge in [0.25, 0.3) is 11.8 Å². The van der Waals surface area contributed by atoms with Crippen molar-refractivity contribution in [3.8, 4) is 17.2 Å². The average molecular weight is 421 g/mol. The molecule has 8 nitrogen and oxygen atoms in total. The van der Waals surface area contributed by atoms with E-state index in [1.54, 1.807) is 54.7 Å². The fourth-order valence-electron chi connectivity index (χ4n) is 2.96. The predicted octanol–water partition coefficient (Wildman–Crippen LogP) is 3.29. The van der Waals surface area contributed by atoms with E-state index in [1.807, 2.05) is 0 Å². The van der Waals surface area contributed by atoms with Gasteiger partial charge in [-0.2, -0.15) is 0 Å². The molecule has 2 aromatic carbocycles. The van der Waals surface area contributed by atoms with Crippen molar-refractivity contribution >= 4 is 17.5 Å². The second-order valence-electron chi connectivity index (χ2n) is 6.49. The molecular weight excluding hydrogens is 398 g/mol. The van der Waals surface area contributed by atoms with Crippen molar-refractivity contribution in [2.45, 2.75) is 6.54 Å². The second-order valence-corrected chi connectivity index (χ2v) is 6.49. The molecule has 0 spiro atoms. The van der Waals surface area contributed by atoms with Gasteiger partial charge in [-0.05, 0) is 48.0 Å². The summed E-state index contributed by atoms with van der Waals surface area (Å²) in [5.74, 6) is 0.906. The zero-order chi connectivity index (χ0) is 22.2. The number of hydrogen-bond acceptors (Lipinski definition) is 6. The van der Waals surface area contributed by atoms with Crippen LogP contribution in [0.3, 0.4) is 0 Å². The molecule has 2 N–H and O–H groups in total. The summed E-state index contributed by atoms with van der Waals surface area (Å²) in [5, 5.41) is 5.62. The number of carbonyl (C=O) groups excluding carboxylic acids is 2. The third-order valence-electron chi connectivity index (χ3n) is 4.48. The molecule has 160 valence electrons. The Morgan fingerprint density at radius 2 is 1.58 bits per heavy atom. The highest BCUT2D eigenvalue weighted by Gasteiger charge is 2.14. The summed E-state index contributed by atoms with van der Waals surface area (Å²) in [7, 11) is 4.60. The van der Waals surface area contributed by atoms with Crippen molar-refractivity contribution in [2.24, 2.45) is 0 Å². The molecule has 0 aliphatic heterocycles. The van der Waals surface area contributed by atoms with Gasteiger partial charge in [0.05, 0.1) is 26.9 Å². The number of methoxy groups -OCH3 is 3. The van der Waals surface area contributed by atoms with Crippen LogP contribution in [-0.2, 0) is 6.54 Å². The molecule has 1 aromatic heterocycles. The Morgan fingerprint density at radius 3 is 2.19 bits per heavy atom. The van der Waals surface area contributed by atoms with Crippen molar-refractivity contribution < 1.29 is 23.8 Å². The Kier molecular flexibility index (Phi) is 7.05. The van der Waals surface area contributed by atoms with Gasteiger partial charge in [-0.15, -0.1) is 0 Å². The smallest absolute Gasteiger partial charge is 0.257 e. The lowest BCUT2D eigenvalue weighted by atomic mass is 10.1. The average Bonchev–Trinajstić information content (AvgIpc) is 2.82. The molecule has 0 saturated heterocycles. The zero-order valence-corrected chi connectivity index (χ0v) is 17.5. The van der Waals surface area contributed by atoms with E-state index in [1.165, 1.54) is 27.5 Å². The quantitative estimate of drug-likeness (QED) is 0.579. The van der Waals surface area contributed by atoms with Crippen LogP contribution in [0.2, 0.25) is 0 Å². The van der Waals surface area contributed by atoms with E-state index in [0.717, 1.165) is 5.56 Å². The molecular formula is C23H23N3O5. The van der Waals surface area contributed by atoms with Gasteiger partial charge in [0, 0.05) is 30.2 Å². The summed E-state index contributed by atoms with van der Waals surface area (Å²) in [6, 6.07) is 13.6. The van der Waals surface area contributed by atoms with E-state index < -0.39 is 0 Å². The maximum Gasteiger partial charge on any atom is 0.257 e. The number of carbonyl (C=O) groups is 2. The number of pyridine rings is 1. The Labute approximate surface area is 180 Å².